The number of Topliss-reactive ketones (excluding diaryl/α,β-unsaturated/α-hetero) is 1. The number of rotatable bonds is 4. The molecule has 0 bridgehead atoms. The molecule has 0 amide bonds. The number of ether oxygens (including phenoxy) is 1. The van der Waals surface area contributed by atoms with Gasteiger partial charge in [0.2, 0.25) is 0 Å². The van der Waals surface area contributed by atoms with Crippen LogP contribution in [-0.4, -0.2) is 12.4 Å². The first-order valence-electron chi connectivity index (χ1n) is 6.33. The molecule has 1 aliphatic rings. The largest absolute Gasteiger partial charge is 0.498 e. The van der Waals surface area contributed by atoms with Crippen LogP contribution in [0.25, 0.3) is 0 Å². The minimum absolute atomic E-state index is 0.237. The molecule has 3 heteroatoms. The summed E-state index contributed by atoms with van der Waals surface area (Å²) in [5, 5.41) is 0. The van der Waals surface area contributed by atoms with Crippen LogP contribution < -0.4 is 0 Å². The first-order chi connectivity index (χ1) is 8.72. The van der Waals surface area contributed by atoms with Gasteiger partial charge in [-0.05, 0) is 25.0 Å². The number of halogens is 1. The third kappa shape index (κ3) is 3.02. The molecular formula is C15H17BrO2. The van der Waals surface area contributed by atoms with Crippen molar-refractivity contribution >= 4 is 21.7 Å². The molecule has 0 aromatic heterocycles. The summed E-state index contributed by atoms with van der Waals surface area (Å²) in [7, 11) is 0. The van der Waals surface area contributed by atoms with E-state index in [9.17, 15) is 4.79 Å². The predicted molar refractivity (Wildman–Crippen MR) is 75.4 cm³/mol. The second-order valence-electron chi connectivity index (χ2n) is 4.38. The average Bonchev–Trinajstić information content (AvgIpc) is 2.36. The molecule has 96 valence electrons. The van der Waals surface area contributed by atoms with E-state index in [2.05, 4.69) is 15.9 Å². The van der Waals surface area contributed by atoms with Crippen molar-refractivity contribution in [3.8, 4) is 0 Å². The van der Waals surface area contributed by atoms with Gasteiger partial charge in [0.15, 0.2) is 5.78 Å². The maximum atomic E-state index is 12.0. The molecule has 0 saturated carbocycles. The summed E-state index contributed by atoms with van der Waals surface area (Å²) in [4.78, 5) is 12.0. The van der Waals surface area contributed by atoms with Crippen LogP contribution in [0.4, 0.5) is 0 Å². The normalized spacial score (nSPS) is 16.0. The van der Waals surface area contributed by atoms with Crippen LogP contribution in [0, 0.1) is 0 Å². The van der Waals surface area contributed by atoms with E-state index < -0.39 is 0 Å². The highest BCUT2D eigenvalue weighted by atomic mass is 79.9. The molecule has 0 heterocycles. The number of carbonyl (C=O) groups is 1. The molecule has 0 unspecified atom stereocenters. The van der Waals surface area contributed by atoms with Gasteiger partial charge in [-0.3, -0.25) is 4.79 Å². The Labute approximate surface area is 116 Å². The average molecular weight is 309 g/mol. The Hall–Kier alpha value is -1.09. The fourth-order valence-electron chi connectivity index (χ4n) is 2.23. The van der Waals surface area contributed by atoms with E-state index in [1.165, 1.54) is 0 Å². The lowest BCUT2D eigenvalue weighted by molar-refractivity contribution is -0.116. The number of carbonyl (C=O) groups excluding carboxylic acids is 1. The maximum absolute atomic E-state index is 12.0. The Bertz CT molecular complexity index is 477. The summed E-state index contributed by atoms with van der Waals surface area (Å²) in [5.74, 6) is 1.13. The van der Waals surface area contributed by atoms with E-state index in [0.717, 1.165) is 34.2 Å². The minimum atomic E-state index is 0.237. The first-order valence-corrected chi connectivity index (χ1v) is 7.13. The van der Waals surface area contributed by atoms with Crippen LogP contribution in [0.2, 0.25) is 0 Å². The van der Waals surface area contributed by atoms with Gasteiger partial charge in [0.05, 0.1) is 6.61 Å². The zero-order valence-corrected chi connectivity index (χ0v) is 12.1. The number of ketones is 1. The van der Waals surface area contributed by atoms with Gasteiger partial charge >= 0.3 is 0 Å². The summed E-state index contributed by atoms with van der Waals surface area (Å²) < 4.78 is 6.67. The standard InChI is InChI=1S/C15H17BrO2/c1-2-18-15-9-5-8-14(17)12(15)10-11-6-3-4-7-13(11)16/h3-4,6-7H,2,5,8-10H2,1H3. The van der Waals surface area contributed by atoms with Crippen LogP contribution in [0.3, 0.4) is 0 Å². The third-order valence-electron chi connectivity index (χ3n) is 3.12. The van der Waals surface area contributed by atoms with E-state index >= 15 is 0 Å². The molecule has 0 radical (unpaired) electrons. The van der Waals surface area contributed by atoms with Gasteiger partial charge in [-0.15, -0.1) is 0 Å². The van der Waals surface area contributed by atoms with Crippen molar-refractivity contribution in [2.75, 3.05) is 6.61 Å². The van der Waals surface area contributed by atoms with E-state index in [0.29, 0.717) is 19.4 Å². The summed E-state index contributed by atoms with van der Waals surface area (Å²) >= 11 is 3.53. The minimum Gasteiger partial charge on any atom is -0.498 e. The molecule has 0 fully saturated rings. The summed E-state index contributed by atoms with van der Waals surface area (Å²) in [5.41, 5.74) is 2.00. The molecular weight excluding hydrogens is 292 g/mol. The monoisotopic (exact) mass is 308 g/mol. The van der Waals surface area contributed by atoms with Gasteiger partial charge in [-0.25, -0.2) is 0 Å². The third-order valence-corrected chi connectivity index (χ3v) is 3.90. The fourth-order valence-corrected chi connectivity index (χ4v) is 2.65. The Kier molecular flexibility index (Phi) is 4.59. The number of benzene rings is 1. The lowest BCUT2D eigenvalue weighted by Gasteiger charge is -2.19. The van der Waals surface area contributed by atoms with Crippen molar-refractivity contribution in [2.45, 2.75) is 32.6 Å². The highest BCUT2D eigenvalue weighted by molar-refractivity contribution is 9.10. The highest BCUT2D eigenvalue weighted by Crippen LogP contribution is 2.28. The van der Waals surface area contributed by atoms with Crippen molar-refractivity contribution in [1.82, 2.24) is 0 Å². The van der Waals surface area contributed by atoms with Gasteiger partial charge < -0.3 is 4.74 Å². The fraction of sp³-hybridized carbons (Fsp3) is 0.400. The van der Waals surface area contributed by atoms with Crippen molar-refractivity contribution < 1.29 is 9.53 Å². The van der Waals surface area contributed by atoms with Gasteiger partial charge in [0, 0.05) is 29.3 Å². The Morgan fingerprint density at radius 2 is 2.06 bits per heavy atom. The molecule has 1 aromatic carbocycles. The smallest absolute Gasteiger partial charge is 0.162 e. The highest BCUT2D eigenvalue weighted by Gasteiger charge is 2.22. The van der Waals surface area contributed by atoms with Gasteiger partial charge in [0.25, 0.3) is 0 Å². The van der Waals surface area contributed by atoms with Crippen LogP contribution >= 0.6 is 15.9 Å². The molecule has 2 rings (SSSR count). The zero-order chi connectivity index (χ0) is 13.0. The SMILES string of the molecule is CCOC1=C(Cc2ccccc2Br)C(=O)CCC1. The predicted octanol–water partition coefficient (Wildman–Crippen LogP) is 4.04. The number of hydrogen-bond acceptors (Lipinski definition) is 2. The van der Waals surface area contributed by atoms with Crippen molar-refractivity contribution in [3.63, 3.8) is 0 Å². The van der Waals surface area contributed by atoms with E-state index in [1.54, 1.807) is 0 Å². The Morgan fingerprint density at radius 1 is 1.28 bits per heavy atom. The van der Waals surface area contributed by atoms with Gasteiger partial charge in [-0.2, -0.15) is 0 Å². The summed E-state index contributed by atoms with van der Waals surface area (Å²) in [6, 6.07) is 8.02. The van der Waals surface area contributed by atoms with Crippen LogP contribution in [-0.2, 0) is 16.0 Å². The second-order valence-corrected chi connectivity index (χ2v) is 5.23. The van der Waals surface area contributed by atoms with Crippen molar-refractivity contribution in [2.24, 2.45) is 0 Å². The van der Waals surface area contributed by atoms with Crippen molar-refractivity contribution in [3.05, 3.63) is 45.6 Å². The second kappa shape index (κ2) is 6.19. The zero-order valence-electron chi connectivity index (χ0n) is 10.5. The van der Waals surface area contributed by atoms with E-state index in [-0.39, 0.29) is 5.78 Å². The molecule has 2 nitrogen and oxygen atoms in total. The van der Waals surface area contributed by atoms with Gasteiger partial charge in [-0.1, -0.05) is 34.1 Å². The summed E-state index contributed by atoms with van der Waals surface area (Å²) in [6.07, 6.45) is 3.11. The van der Waals surface area contributed by atoms with Gasteiger partial charge in [0.1, 0.15) is 5.76 Å². The molecule has 0 saturated heterocycles. The first kappa shape index (κ1) is 13.3. The molecule has 0 aliphatic heterocycles. The number of allylic oxidation sites excluding steroid dienone is 2. The maximum Gasteiger partial charge on any atom is 0.162 e. The van der Waals surface area contributed by atoms with E-state index in [4.69, 9.17) is 4.74 Å². The quantitative estimate of drug-likeness (QED) is 0.839. The topological polar surface area (TPSA) is 26.3 Å². The van der Waals surface area contributed by atoms with Crippen LogP contribution in [0.1, 0.15) is 31.7 Å². The van der Waals surface area contributed by atoms with Crippen molar-refractivity contribution in [1.29, 1.82) is 0 Å². The molecule has 0 atom stereocenters. The Morgan fingerprint density at radius 3 is 2.78 bits per heavy atom. The molecule has 0 N–H and O–H groups in total. The molecule has 18 heavy (non-hydrogen) atoms. The lowest BCUT2D eigenvalue weighted by Crippen LogP contribution is -2.15. The Balaban J connectivity index is 2.28. The van der Waals surface area contributed by atoms with E-state index in [1.807, 2.05) is 31.2 Å². The summed E-state index contributed by atoms with van der Waals surface area (Å²) in [6.45, 7) is 2.59. The number of hydrogen-bond donors (Lipinski definition) is 0. The molecule has 0 spiro atoms. The van der Waals surface area contributed by atoms with Crippen LogP contribution in [0.15, 0.2) is 40.1 Å². The lowest BCUT2D eigenvalue weighted by atomic mass is 9.91. The molecule has 1 aromatic rings. The molecule has 1 aliphatic carbocycles. The van der Waals surface area contributed by atoms with Crippen LogP contribution in [0.5, 0.6) is 0 Å².